The summed E-state index contributed by atoms with van der Waals surface area (Å²) in [6.45, 7) is 0.473. The molecule has 2 N–H and O–H groups in total. The summed E-state index contributed by atoms with van der Waals surface area (Å²) in [5.74, 6) is 0. The molecule has 22 heavy (non-hydrogen) atoms. The van der Waals surface area contributed by atoms with Gasteiger partial charge in [-0.05, 0) is 52.9 Å². The van der Waals surface area contributed by atoms with Crippen molar-refractivity contribution in [3.63, 3.8) is 0 Å². The number of carbonyl (C=O) groups is 1. The highest BCUT2D eigenvalue weighted by Crippen LogP contribution is 2.33. The number of halogens is 1. The van der Waals surface area contributed by atoms with Gasteiger partial charge in [0, 0.05) is 11.9 Å². The van der Waals surface area contributed by atoms with E-state index in [2.05, 4.69) is 20.9 Å². The lowest BCUT2D eigenvalue weighted by atomic mass is 9.91. The first kappa shape index (κ1) is 15.2. The molecule has 1 amide bonds. The SMILES string of the molecule is O=C(O)N1CCCC[C@H]1[C@@H](O)c1cc(Br)nc2ccccc12. The Hall–Kier alpha value is -1.66. The molecule has 3 rings (SSSR count). The Kier molecular flexibility index (Phi) is 4.31. The zero-order valence-electron chi connectivity index (χ0n) is 11.9. The number of para-hydroxylation sites is 1. The maximum atomic E-state index is 11.4. The van der Waals surface area contributed by atoms with Gasteiger partial charge in [0.1, 0.15) is 10.7 Å². The number of piperidine rings is 1. The topological polar surface area (TPSA) is 73.7 Å². The summed E-state index contributed by atoms with van der Waals surface area (Å²) in [6.07, 6.45) is 0.607. The van der Waals surface area contributed by atoms with E-state index in [4.69, 9.17) is 0 Å². The molecule has 2 atom stereocenters. The van der Waals surface area contributed by atoms with Crippen molar-refractivity contribution in [1.82, 2.24) is 9.88 Å². The Morgan fingerprint density at radius 2 is 2.14 bits per heavy atom. The van der Waals surface area contributed by atoms with Crippen LogP contribution in [0.5, 0.6) is 0 Å². The molecule has 0 radical (unpaired) electrons. The van der Waals surface area contributed by atoms with E-state index >= 15 is 0 Å². The molecule has 0 aliphatic carbocycles. The number of rotatable bonds is 2. The number of aliphatic hydroxyl groups excluding tert-OH is 1. The molecule has 2 heterocycles. The second-order valence-corrected chi connectivity index (χ2v) is 6.35. The smallest absolute Gasteiger partial charge is 0.407 e. The predicted octanol–water partition coefficient (Wildman–Crippen LogP) is 3.56. The van der Waals surface area contributed by atoms with Crippen LogP contribution in [0.2, 0.25) is 0 Å². The van der Waals surface area contributed by atoms with E-state index in [-0.39, 0.29) is 0 Å². The van der Waals surface area contributed by atoms with E-state index in [0.717, 1.165) is 29.3 Å². The number of aliphatic hydroxyl groups is 1. The number of hydrogen-bond acceptors (Lipinski definition) is 3. The first-order valence-electron chi connectivity index (χ1n) is 7.31. The zero-order valence-corrected chi connectivity index (χ0v) is 13.5. The Bertz CT molecular complexity index is 707. The molecular weight excluding hydrogens is 348 g/mol. The van der Waals surface area contributed by atoms with Crippen molar-refractivity contribution in [1.29, 1.82) is 0 Å². The Morgan fingerprint density at radius 1 is 1.36 bits per heavy atom. The molecule has 1 aliphatic heterocycles. The zero-order chi connectivity index (χ0) is 15.7. The number of aromatic nitrogens is 1. The molecule has 1 aliphatic rings. The number of benzene rings is 1. The minimum Gasteiger partial charge on any atom is -0.465 e. The lowest BCUT2D eigenvalue weighted by Crippen LogP contribution is -2.46. The molecule has 5 nitrogen and oxygen atoms in total. The van der Waals surface area contributed by atoms with Crippen LogP contribution in [0.25, 0.3) is 10.9 Å². The number of hydrogen-bond donors (Lipinski definition) is 2. The fourth-order valence-electron chi connectivity index (χ4n) is 3.14. The normalized spacial score (nSPS) is 20.1. The molecule has 0 saturated carbocycles. The molecule has 116 valence electrons. The Labute approximate surface area is 136 Å². The molecule has 1 aromatic heterocycles. The van der Waals surface area contributed by atoms with Crippen molar-refractivity contribution >= 4 is 32.9 Å². The van der Waals surface area contributed by atoms with E-state index in [1.54, 1.807) is 6.07 Å². The third-order valence-electron chi connectivity index (χ3n) is 4.19. The minimum absolute atomic E-state index is 0.413. The average Bonchev–Trinajstić information content (AvgIpc) is 2.53. The number of nitrogens with zero attached hydrogens (tertiary/aromatic N) is 2. The average molecular weight is 365 g/mol. The van der Waals surface area contributed by atoms with Crippen LogP contribution in [-0.2, 0) is 0 Å². The van der Waals surface area contributed by atoms with Crippen molar-refractivity contribution in [3.8, 4) is 0 Å². The van der Waals surface area contributed by atoms with Gasteiger partial charge in [0.05, 0.1) is 11.6 Å². The van der Waals surface area contributed by atoms with Crippen LogP contribution in [0.15, 0.2) is 34.9 Å². The van der Waals surface area contributed by atoms with Gasteiger partial charge in [-0.1, -0.05) is 18.2 Å². The summed E-state index contributed by atoms with van der Waals surface area (Å²) < 4.78 is 0.637. The molecule has 0 unspecified atom stereocenters. The van der Waals surface area contributed by atoms with E-state index in [0.29, 0.717) is 17.6 Å². The van der Waals surface area contributed by atoms with Crippen molar-refractivity contribution in [2.75, 3.05) is 6.54 Å². The third kappa shape index (κ3) is 2.80. The van der Waals surface area contributed by atoms with Gasteiger partial charge in [-0.3, -0.25) is 0 Å². The summed E-state index contributed by atoms with van der Waals surface area (Å²) in [4.78, 5) is 17.2. The lowest BCUT2D eigenvalue weighted by Gasteiger charge is -2.36. The van der Waals surface area contributed by atoms with Crippen molar-refractivity contribution in [2.45, 2.75) is 31.4 Å². The molecular formula is C16H17BrN2O3. The summed E-state index contributed by atoms with van der Waals surface area (Å²) in [6, 6.07) is 8.94. The van der Waals surface area contributed by atoms with Crippen LogP contribution < -0.4 is 0 Å². The molecule has 1 saturated heterocycles. The first-order valence-corrected chi connectivity index (χ1v) is 8.10. The number of fused-ring (bicyclic) bond motifs is 1. The maximum absolute atomic E-state index is 11.4. The van der Waals surface area contributed by atoms with Crippen LogP contribution in [0.4, 0.5) is 4.79 Å². The second-order valence-electron chi connectivity index (χ2n) is 5.54. The minimum atomic E-state index is -0.971. The molecule has 0 bridgehead atoms. The largest absolute Gasteiger partial charge is 0.465 e. The van der Waals surface area contributed by atoms with Gasteiger partial charge < -0.3 is 15.1 Å². The summed E-state index contributed by atoms with van der Waals surface area (Å²) in [7, 11) is 0. The van der Waals surface area contributed by atoms with Crippen LogP contribution in [0, 0.1) is 0 Å². The quantitative estimate of drug-likeness (QED) is 0.798. The van der Waals surface area contributed by atoms with Crippen molar-refractivity contribution in [2.24, 2.45) is 0 Å². The van der Waals surface area contributed by atoms with Gasteiger partial charge in [-0.2, -0.15) is 0 Å². The van der Waals surface area contributed by atoms with E-state index in [1.807, 2.05) is 24.3 Å². The van der Waals surface area contributed by atoms with E-state index in [9.17, 15) is 15.0 Å². The van der Waals surface area contributed by atoms with Crippen LogP contribution in [0.1, 0.15) is 30.9 Å². The van der Waals surface area contributed by atoms with Crippen molar-refractivity contribution < 1.29 is 15.0 Å². The fraction of sp³-hybridized carbons (Fsp3) is 0.375. The highest BCUT2D eigenvalue weighted by Gasteiger charge is 2.33. The van der Waals surface area contributed by atoms with Gasteiger partial charge in [-0.15, -0.1) is 0 Å². The van der Waals surface area contributed by atoms with Crippen LogP contribution in [0.3, 0.4) is 0 Å². The predicted molar refractivity (Wildman–Crippen MR) is 86.8 cm³/mol. The van der Waals surface area contributed by atoms with E-state index < -0.39 is 18.2 Å². The number of pyridine rings is 1. The number of amides is 1. The third-order valence-corrected chi connectivity index (χ3v) is 4.60. The van der Waals surface area contributed by atoms with Crippen molar-refractivity contribution in [3.05, 3.63) is 40.5 Å². The fourth-order valence-corrected chi connectivity index (χ4v) is 3.58. The van der Waals surface area contributed by atoms with Crippen LogP contribution >= 0.6 is 15.9 Å². The molecule has 6 heteroatoms. The van der Waals surface area contributed by atoms with Gasteiger partial charge in [0.2, 0.25) is 0 Å². The summed E-state index contributed by atoms with van der Waals surface area (Å²) >= 11 is 3.37. The molecule has 1 aromatic carbocycles. The maximum Gasteiger partial charge on any atom is 0.407 e. The standard InChI is InChI=1S/C16H17BrN2O3/c17-14-9-11(10-5-1-2-6-12(10)18-14)15(20)13-7-3-4-8-19(13)16(21)22/h1-2,5-6,9,13,15,20H,3-4,7-8H2,(H,21,22)/t13-,15-/m0/s1. The number of likely N-dealkylation sites (tertiary alicyclic amines) is 1. The summed E-state index contributed by atoms with van der Waals surface area (Å²) in [5, 5.41) is 21.1. The first-order chi connectivity index (χ1) is 10.6. The number of carboxylic acid groups (broad SMARTS) is 1. The molecule has 2 aromatic rings. The highest BCUT2D eigenvalue weighted by molar-refractivity contribution is 9.10. The highest BCUT2D eigenvalue weighted by atomic mass is 79.9. The van der Waals surface area contributed by atoms with Gasteiger partial charge in [0.15, 0.2) is 0 Å². The lowest BCUT2D eigenvalue weighted by molar-refractivity contribution is 0.0292. The molecule has 0 spiro atoms. The Morgan fingerprint density at radius 3 is 2.91 bits per heavy atom. The van der Waals surface area contributed by atoms with Gasteiger partial charge in [-0.25, -0.2) is 9.78 Å². The monoisotopic (exact) mass is 364 g/mol. The summed E-state index contributed by atoms with van der Waals surface area (Å²) in [5.41, 5.74) is 1.50. The Balaban J connectivity index is 2.04. The van der Waals surface area contributed by atoms with E-state index in [1.165, 1.54) is 4.90 Å². The second kappa shape index (κ2) is 6.22. The van der Waals surface area contributed by atoms with Gasteiger partial charge in [0.25, 0.3) is 0 Å². The molecule has 1 fully saturated rings. The van der Waals surface area contributed by atoms with Crippen LogP contribution in [-0.4, -0.2) is 38.8 Å². The van der Waals surface area contributed by atoms with Gasteiger partial charge >= 0.3 is 6.09 Å².